The van der Waals surface area contributed by atoms with E-state index in [0.29, 0.717) is 19.8 Å². The Morgan fingerprint density at radius 2 is 2.00 bits per heavy atom. The van der Waals surface area contributed by atoms with Gasteiger partial charge in [0.15, 0.2) is 6.29 Å². The Kier molecular flexibility index (Phi) is 4.63. The van der Waals surface area contributed by atoms with Crippen LogP contribution >= 0.6 is 0 Å². The largest absolute Gasteiger partial charge is 0.348 e. The van der Waals surface area contributed by atoms with Gasteiger partial charge in [0.05, 0.1) is 19.3 Å². The van der Waals surface area contributed by atoms with E-state index in [9.17, 15) is 14.4 Å². The lowest BCUT2D eigenvalue weighted by Gasteiger charge is -2.38. The predicted molar refractivity (Wildman–Crippen MR) is 81.0 cm³/mol. The van der Waals surface area contributed by atoms with Crippen LogP contribution in [0.1, 0.15) is 19.3 Å². The van der Waals surface area contributed by atoms with E-state index in [1.165, 1.54) is 23.9 Å². The maximum atomic E-state index is 12.7. The first-order chi connectivity index (χ1) is 11.1. The minimum Gasteiger partial charge on any atom is -0.348 e. The fraction of sp³-hybridized carbons (Fsp3) is 0.667. The lowest BCUT2D eigenvalue weighted by Crippen LogP contribution is -2.52. The van der Waals surface area contributed by atoms with Gasteiger partial charge >= 0.3 is 5.69 Å². The Labute approximate surface area is 133 Å². The Balaban J connectivity index is 1.77. The Morgan fingerprint density at radius 3 is 2.74 bits per heavy atom. The van der Waals surface area contributed by atoms with Crippen LogP contribution in [0.5, 0.6) is 0 Å². The molecule has 2 aliphatic rings. The van der Waals surface area contributed by atoms with Crippen molar-refractivity contribution in [2.24, 2.45) is 7.05 Å². The molecule has 1 unspecified atom stereocenters. The van der Waals surface area contributed by atoms with E-state index in [1.54, 1.807) is 4.90 Å². The van der Waals surface area contributed by atoms with Gasteiger partial charge in [-0.05, 0) is 19.3 Å². The van der Waals surface area contributed by atoms with Crippen LogP contribution in [0.3, 0.4) is 0 Å². The standard InChI is InChI=1S/C15H21N3O5/c1-16-12(19)5-7-17(15(16)21)10-13(20)18-6-3-2-4-11(18)14-22-8-9-23-14/h5,7,11,14H,2-4,6,8-10H2,1H3. The summed E-state index contributed by atoms with van der Waals surface area (Å²) in [4.78, 5) is 37.9. The van der Waals surface area contributed by atoms with Gasteiger partial charge in [-0.15, -0.1) is 0 Å². The minimum atomic E-state index is -0.493. The molecule has 3 rings (SSSR count). The van der Waals surface area contributed by atoms with Gasteiger partial charge in [0.1, 0.15) is 6.54 Å². The van der Waals surface area contributed by atoms with Crippen molar-refractivity contribution in [2.75, 3.05) is 19.8 Å². The first-order valence-corrected chi connectivity index (χ1v) is 7.87. The summed E-state index contributed by atoms with van der Waals surface area (Å²) < 4.78 is 13.3. The van der Waals surface area contributed by atoms with E-state index >= 15 is 0 Å². The van der Waals surface area contributed by atoms with Gasteiger partial charge < -0.3 is 14.4 Å². The number of amides is 1. The highest BCUT2D eigenvalue weighted by molar-refractivity contribution is 5.76. The number of ether oxygens (including phenoxy) is 2. The summed E-state index contributed by atoms with van der Waals surface area (Å²) in [7, 11) is 1.40. The molecule has 23 heavy (non-hydrogen) atoms. The van der Waals surface area contributed by atoms with Crippen LogP contribution in [0.15, 0.2) is 21.9 Å². The lowest BCUT2D eigenvalue weighted by atomic mass is 10.0. The molecule has 2 aliphatic heterocycles. The number of aromatic nitrogens is 2. The van der Waals surface area contributed by atoms with Gasteiger partial charge in [0.25, 0.3) is 5.56 Å². The zero-order valence-corrected chi connectivity index (χ0v) is 13.1. The van der Waals surface area contributed by atoms with Gasteiger partial charge in [0.2, 0.25) is 5.91 Å². The summed E-state index contributed by atoms with van der Waals surface area (Å²) >= 11 is 0. The third kappa shape index (κ3) is 3.23. The number of hydrogen-bond acceptors (Lipinski definition) is 5. The van der Waals surface area contributed by atoms with E-state index in [1.807, 2.05) is 0 Å². The zero-order valence-electron chi connectivity index (χ0n) is 13.1. The summed E-state index contributed by atoms with van der Waals surface area (Å²) in [5.41, 5.74) is -0.880. The third-order valence-electron chi connectivity index (χ3n) is 4.40. The molecule has 0 aromatic carbocycles. The molecule has 126 valence electrons. The normalized spacial score (nSPS) is 22.5. The topological polar surface area (TPSA) is 82.8 Å². The van der Waals surface area contributed by atoms with Crippen LogP contribution < -0.4 is 11.2 Å². The maximum Gasteiger partial charge on any atom is 0.331 e. The molecule has 1 amide bonds. The molecule has 2 saturated heterocycles. The molecule has 0 bridgehead atoms. The SMILES string of the molecule is Cn1c(=O)ccn(CC(=O)N2CCCCC2C2OCCO2)c1=O. The van der Waals surface area contributed by atoms with Crippen molar-refractivity contribution < 1.29 is 14.3 Å². The molecule has 0 aliphatic carbocycles. The quantitative estimate of drug-likeness (QED) is 0.735. The number of hydrogen-bond donors (Lipinski definition) is 0. The van der Waals surface area contributed by atoms with Crippen molar-refractivity contribution in [3.05, 3.63) is 33.1 Å². The highest BCUT2D eigenvalue weighted by Gasteiger charge is 2.36. The van der Waals surface area contributed by atoms with Gasteiger partial charge in [-0.3, -0.25) is 18.7 Å². The van der Waals surface area contributed by atoms with E-state index < -0.39 is 5.69 Å². The number of likely N-dealkylation sites (tertiary alicyclic amines) is 1. The Hall–Kier alpha value is -1.93. The van der Waals surface area contributed by atoms with Crippen molar-refractivity contribution in [1.29, 1.82) is 0 Å². The van der Waals surface area contributed by atoms with Crippen molar-refractivity contribution in [3.63, 3.8) is 0 Å². The molecule has 1 aromatic heterocycles. The molecule has 3 heterocycles. The number of carbonyl (C=O) groups excluding carboxylic acids is 1. The van der Waals surface area contributed by atoms with Crippen molar-refractivity contribution in [2.45, 2.75) is 38.1 Å². The van der Waals surface area contributed by atoms with E-state index in [4.69, 9.17) is 9.47 Å². The van der Waals surface area contributed by atoms with Crippen molar-refractivity contribution >= 4 is 5.91 Å². The molecule has 8 nitrogen and oxygen atoms in total. The van der Waals surface area contributed by atoms with E-state index in [0.717, 1.165) is 23.8 Å². The van der Waals surface area contributed by atoms with Crippen LogP contribution in [-0.4, -0.2) is 52.0 Å². The van der Waals surface area contributed by atoms with Crippen LogP contribution in [0, 0.1) is 0 Å². The monoisotopic (exact) mass is 323 g/mol. The molecule has 0 radical (unpaired) electrons. The number of nitrogens with zero attached hydrogens (tertiary/aromatic N) is 3. The second-order valence-corrected chi connectivity index (χ2v) is 5.88. The average molecular weight is 323 g/mol. The molecule has 2 fully saturated rings. The van der Waals surface area contributed by atoms with Crippen molar-refractivity contribution in [3.8, 4) is 0 Å². The molecular formula is C15H21N3O5. The first-order valence-electron chi connectivity index (χ1n) is 7.87. The molecule has 8 heteroatoms. The molecule has 0 spiro atoms. The number of rotatable bonds is 3. The highest BCUT2D eigenvalue weighted by Crippen LogP contribution is 2.24. The van der Waals surface area contributed by atoms with E-state index in [-0.39, 0.29) is 30.3 Å². The van der Waals surface area contributed by atoms with Gasteiger partial charge in [-0.1, -0.05) is 0 Å². The van der Waals surface area contributed by atoms with Crippen LogP contribution in [0.25, 0.3) is 0 Å². The molecular weight excluding hydrogens is 302 g/mol. The second kappa shape index (κ2) is 6.67. The van der Waals surface area contributed by atoms with E-state index in [2.05, 4.69) is 0 Å². The predicted octanol–water partition coefficient (Wildman–Crippen LogP) is -0.699. The number of piperidine rings is 1. The number of carbonyl (C=O) groups is 1. The van der Waals surface area contributed by atoms with Crippen LogP contribution in [-0.2, 0) is 27.9 Å². The highest BCUT2D eigenvalue weighted by atomic mass is 16.7. The van der Waals surface area contributed by atoms with Gasteiger partial charge in [0, 0.05) is 25.9 Å². The third-order valence-corrected chi connectivity index (χ3v) is 4.40. The zero-order chi connectivity index (χ0) is 16.4. The summed E-state index contributed by atoms with van der Waals surface area (Å²) in [6.07, 6.45) is 3.77. The summed E-state index contributed by atoms with van der Waals surface area (Å²) in [6.45, 7) is 1.64. The average Bonchev–Trinajstić information content (AvgIpc) is 3.10. The van der Waals surface area contributed by atoms with Gasteiger partial charge in [-0.25, -0.2) is 4.79 Å². The Morgan fingerprint density at radius 1 is 1.26 bits per heavy atom. The molecule has 1 aromatic rings. The second-order valence-electron chi connectivity index (χ2n) is 5.88. The molecule has 0 saturated carbocycles. The molecule has 1 atom stereocenters. The first kappa shape index (κ1) is 15.9. The van der Waals surface area contributed by atoms with Crippen LogP contribution in [0.2, 0.25) is 0 Å². The molecule has 0 N–H and O–H groups in total. The fourth-order valence-corrected chi connectivity index (χ4v) is 3.12. The Bertz CT molecular complexity index is 689. The summed E-state index contributed by atoms with van der Waals surface area (Å²) in [5.74, 6) is -0.158. The fourth-order valence-electron chi connectivity index (χ4n) is 3.12. The summed E-state index contributed by atoms with van der Waals surface area (Å²) in [6, 6.07) is 1.17. The van der Waals surface area contributed by atoms with Crippen LogP contribution in [0.4, 0.5) is 0 Å². The maximum absolute atomic E-state index is 12.7. The van der Waals surface area contributed by atoms with Crippen molar-refractivity contribution in [1.82, 2.24) is 14.0 Å². The van der Waals surface area contributed by atoms with Gasteiger partial charge in [-0.2, -0.15) is 0 Å². The smallest absolute Gasteiger partial charge is 0.331 e. The lowest BCUT2D eigenvalue weighted by molar-refractivity contribution is -0.151. The summed E-state index contributed by atoms with van der Waals surface area (Å²) in [5, 5.41) is 0. The minimum absolute atomic E-state index is 0.0871.